The number of hydrogen-bond donors (Lipinski definition) is 2. The molecule has 2 atom stereocenters. The first-order valence-corrected chi connectivity index (χ1v) is 5.17. The predicted molar refractivity (Wildman–Crippen MR) is 57.3 cm³/mol. The van der Waals surface area contributed by atoms with Crippen LogP contribution < -0.4 is 5.32 Å². The fourth-order valence-electron chi connectivity index (χ4n) is 2.32. The molecule has 0 saturated carbocycles. The molecule has 0 spiro atoms. The third-order valence-electron chi connectivity index (χ3n) is 3.22. The fraction of sp³-hybridized carbons (Fsp3) is 0.500. The fourth-order valence-corrected chi connectivity index (χ4v) is 2.32. The maximum Gasteiger partial charge on any atom is 0.0945 e. The molecule has 76 valence electrons. The summed E-state index contributed by atoms with van der Waals surface area (Å²) in [4.78, 5) is 0. The zero-order chi connectivity index (χ0) is 10.1. The van der Waals surface area contributed by atoms with Gasteiger partial charge in [0.15, 0.2) is 0 Å². The van der Waals surface area contributed by atoms with E-state index in [9.17, 15) is 5.11 Å². The Balaban J connectivity index is 2.41. The molecule has 0 radical (unpaired) electrons. The second-order valence-corrected chi connectivity index (χ2v) is 4.02. The van der Waals surface area contributed by atoms with E-state index in [4.69, 9.17) is 0 Å². The molecule has 14 heavy (non-hydrogen) atoms. The first-order chi connectivity index (χ1) is 6.74. The molecule has 2 nitrogen and oxygen atoms in total. The molecule has 2 unspecified atom stereocenters. The number of fused-ring (bicyclic) bond motifs is 1. The molecule has 1 aromatic carbocycles. The SMILES string of the molecule is CNC1CCc2c(C)cccc2C1O. The van der Waals surface area contributed by atoms with Gasteiger partial charge in [0.25, 0.3) is 0 Å². The lowest BCUT2D eigenvalue weighted by Gasteiger charge is -2.30. The van der Waals surface area contributed by atoms with Crippen LogP contribution in [0.5, 0.6) is 0 Å². The lowest BCUT2D eigenvalue weighted by Crippen LogP contribution is -2.36. The van der Waals surface area contributed by atoms with E-state index >= 15 is 0 Å². The van der Waals surface area contributed by atoms with Crippen molar-refractivity contribution in [3.8, 4) is 0 Å². The summed E-state index contributed by atoms with van der Waals surface area (Å²) >= 11 is 0. The molecule has 0 aliphatic heterocycles. The normalized spacial score (nSPS) is 25.9. The van der Waals surface area contributed by atoms with Crippen molar-refractivity contribution in [1.29, 1.82) is 0 Å². The van der Waals surface area contributed by atoms with Gasteiger partial charge in [0, 0.05) is 6.04 Å². The minimum Gasteiger partial charge on any atom is -0.387 e. The van der Waals surface area contributed by atoms with E-state index in [1.165, 1.54) is 11.1 Å². The number of aryl methyl sites for hydroxylation is 1. The Bertz CT molecular complexity index is 335. The van der Waals surface area contributed by atoms with Crippen LogP contribution in [0.25, 0.3) is 0 Å². The van der Waals surface area contributed by atoms with Crippen molar-refractivity contribution in [1.82, 2.24) is 5.32 Å². The highest BCUT2D eigenvalue weighted by Gasteiger charge is 2.26. The Kier molecular flexibility index (Phi) is 2.57. The van der Waals surface area contributed by atoms with E-state index in [0.717, 1.165) is 18.4 Å². The van der Waals surface area contributed by atoms with Crippen LogP contribution in [0, 0.1) is 6.92 Å². The van der Waals surface area contributed by atoms with Crippen LogP contribution in [-0.4, -0.2) is 18.2 Å². The highest BCUT2D eigenvalue weighted by atomic mass is 16.3. The van der Waals surface area contributed by atoms with Crippen LogP contribution in [0.15, 0.2) is 18.2 Å². The summed E-state index contributed by atoms with van der Waals surface area (Å²) in [6, 6.07) is 6.39. The molecule has 2 heteroatoms. The minimum atomic E-state index is -0.344. The molecule has 1 aliphatic carbocycles. The van der Waals surface area contributed by atoms with Crippen molar-refractivity contribution in [3.63, 3.8) is 0 Å². The molecule has 0 aromatic heterocycles. The van der Waals surface area contributed by atoms with Gasteiger partial charge in [0.2, 0.25) is 0 Å². The van der Waals surface area contributed by atoms with E-state index in [-0.39, 0.29) is 12.1 Å². The monoisotopic (exact) mass is 191 g/mol. The molecule has 0 heterocycles. The van der Waals surface area contributed by atoms with Gasteiger partial charge in [-0.25, -0.2) is 0 Å². The molecule has 0 saturated heterocycles. The Morgan fingerprint density at radius 1 is 1.43 bits per heavy atom. The zero-order valence-corrected chi connectivity index (χ0v) is 8.75. The summed E-state index contributed by atoms with van der Waals surface area (Å²) in [5.74, 6) is 0. The van der Waals surface area contributed by atoms with Gasteiger partial charge in [0.1, 0.15) is 0 Å². The third kappa shape index (κ3) is 1.45. The average molecular weight is 191 g/mol. The quantitative estimate of drug-likeness (QED) is 0.706. The topological polar surface area (TPSA) is 32.3 Å². The summed E-state index contributed by atoms with van der Waals surface area (Å²) < 4.78 is 0. The highest BCUT2D eigenvalue weighted by molar-refractivity contribution is 5.38. The third-order valence-corrected chi connectivity index (χ3v) is 3.22. The van der Waals surface area contributed by atoms with Crippen LogP contribution in [0.3, 0.4) is 0 Å². The van der Waals surface area contributed by atoms with Crippen LogP contribution in [-0.2, 0) is 6.42 Å². The molecule has 2 N–H and O–H groups in total. The predicted octanol–water partition coefficient (Wildman–Crippen LogP) is 1.56. The van der Waals surface area contributed by atoms with E-state index < -0.39 is 0 Å². The first-order valence-electron chi connectivity index (χ1n) is 5.17. The van der Waals surface area contributed by atoms with Gasteiger partial charge in [0.05, 0.1) is 6.10 Å². The maximum absolute atomic E-state index is 10.1. The molecule has 0 bridgehead atoms. The summed E-state index contributed by atoms with van der Waals surface area (Å²) in [5.41, 5.74) is 3.75. The molecule has 1 aliphatic rings. The van der Waals surface area contributed by atoms with Gasteiger partial charge in [-0.05, 0) is 43.5 Å². The number of rotatable bonds is 1. The number of likely N-dealkylation sites (N-methyl/N-ethyl adjacent to an activating group) is 1. The standard InChI is InChI=1S/C12H17NO/c1-8-4-3-5-10-9(8)6-7-11(13-2)12(10)14/h3-5,11-14H,6-7H2,1-2H3. The second-order valence-electron chi connectivity index (χ2n) is 4.02. The molecular formula is C12H17NO. The van der Waals surface area contributed by atoms with Crippen molar-refractivity contribution >= 4 is 0 Å². The summed E-state index contributed by atoms with van der Waals surface area (Å²) in [7, 11) is 1.91. The van der Waals surface area contributed by atoms with Crippen LogP contribution in [0.4, 0.5) is 0 Å². The average Bonchev–Trinajstić information content (AvgIpc) is 2.20. The van der Waals surface area contributed by atoms with E-state index in [1.807, 2.05) is 19.2 Å². The lowest BCUT2D eigenvalue weighted by molar-refractivity contribution is 0.119. The Morgan fingerprint density at radius 2 is 2.21 bits per heavy atom. The summed E-state index contributed by atoms with van der Waals surface area (Å²) in [6.07, 6.45) is 1.75. The van der Waals surface area contributed by atoms with Crippen LogP contribution >= 0.6 is 0 Å². The molecule has 2 rings (SSSR count). The molecule has 0 fully saturated rings. The van der Waals surface area contributed by atoms with Crippen LogP contribution in [0.1, 0.15) is 29.2 Å². The smallest absolute Gasteiger partial charge is 0.0945 e. The van der Waals surface area contributed by atoms with Crippen molar-refractivity contribution in [2.45, 2.75) is 31.9 Å². The summed E-state index contributed by atoms with van der Waals surface area (Å²) in [6.45, 7) is 2.12. The number of hydrogen-bond acceptors (Lipinski definition) is 2. The highest BCUT2D eigenvalue weighted by Crippen LogP contribution is 2.31. The summed E-state index contributed by atoms with van der Waals surface area (Å²) in [5, 5.41) is 13.2. The number of benzene rings is 1. The number of aliphatic hydroxyl groups excluding tert-OH is 1. The lowest BCUT2D eigenvalue weighted by atomic mass is 9.84. The van der Waals surface area contributed by atoms with Gasteiger partial charge in [-0.15, -0.1) is 0 Å². The van der Waals surface area contributed by atoms with Crippen molar-refractivity contribution in [2.24, 2.45) is 0 Å². The minimum absolute atomic E-state index is 0.212. The largest absolute Gasteiger partial charge is 0.387 e. The van der Waals surface area contributed by atoms with Crippen LogP contribution in [0.2, 0.25) is 0 Å². The van der Waals surface area contributed by atoms with Crippen molar-refractivity contribution in [3.05, 3.63) is 34.9 Å². The number of nitrogens with one attached hydrogen (secondary N) is 1. The van der Waals surface area contributed by atoms with Gasteiger partial charge >= 0.3 is 0 Å². The van der Waals surface area contributed by atoms with Gasteiger partial charge < -0.3 is 10.4 Å². The molecule has 0 amide bonds. The van der Waals surface area contributed by atoms with Gasteiger partial charge in [-0.1, -0.05) is 18.2 Å². The molecule has 1 aromatic rings. The van der Waals surface area contributed by atoms with Crippen molar-refractivity contribution in [2.75, 3.05) is 7.05 Å². The second kappa shape index (κ2) is 3.71. The Labute approximate surface area is 85.0 Å². The zero-order valence-electron chi connectivity index (χ0n) is 8.75. The number of aliphatic hydroxyl groups is 1. The van der Waals surface area contributed by atoms with E-state index in [0.29, 0.717) is 0 Å². The van der Waals surface area contributed by atoms with Crippen molar-refractivity contribution < 1.29 is 5.11 Å². The molecular weight excluding hydrogens is 174 g/mol. The van der Waals surface area contributed by atoms with Gasteiger partial charge in [-0.3, -0.25) is 0 Å². The first kappa shape index (κ1) is 9.69. The Hall–Kier alpha value is -0.860. The Morgan fingerprint density at radius 3 is 2.93 bits per heavy atom. The van der Waals surface area contributed by atoms with E-state index in [1.54, 1.807) is 0 Å². The maximum atomic E-state index is 10.1. The van der Waals surface area contributed by atoms with E-state index in [2.05, 4.69) is 18.3 Å². The van der Waals surface area contributed by atoms with Gasteiger partial charge in [-0.2, -0.15) is 0 Å².